The lowest BCUT2D eigenvalue weighted by molar-refractivity contribution is -0.384. The van der Waals surface area contributed by atoms with Crippen LogP contribution in [0.5, 0.6) is 0 Å². The van der Waals surface area contributed by atoms with E-state index in [1.54, 1.807) is 13.0 Å². The van der Waals surface area contributed by atoms with Gasteiger partial charge < -0.3 is 4.90 Å². The van der Waals surface area contributed by atoms with Gasteiger partial charge in [0.2, 0.25) is 5.43 Å². The number of amides is 1. The molecule has 1 aliphatic carbocycles. The Balaban J connectivity index is 1.77. The maximum absolute atomic E-state index is 14.3. The van der Waals surface area contributed by atoms with Crippen molar-refractivity contribution in [2.75, 3.05) is 0 Å². The topological polar surface area (TPSA) is 98.3 Å². The molecular weight excluding hydrogens is 439 g/mol. The Hall–Kier alpha value is -3.59. The zero-order valence-electron chi connectivity index (χ0n) is 17.0. The first-order valence-corrected chi connectivity index (χ1v) is 10.2. The zero-order chi connectivity index (χ0) is 23.0. The quantitative estimate of drug-likeness (QED) is 0.411. The third kappa shape index (κ3) is 4.11. The molecule has 0 atom stereocenters. The lowest BCUT2D eigenvalue weighted by Gasteiger charge is -2.23. The van der Waals surface area contributed by atoms with Gasteiger partial charge in [-0.15, -0.1) is 0 Å². The van der Waals surface area contributed by atoms with Gasteiger partial charge in [-0.3, -0.25) is 19.7 Å². The highest BCUT2D eigenvalue weighted by Gasteiger charge is 2.36. The highest BCUT2D eigenvalue weighted by molar-refractivity contribution is 6.31. The van der Waals surface area contributed by atoms with Crippen LogP contribution in [0.3, 0.4) is 0 Å². The highest BCUT2D eigenvalue weighted by Crippen LogP contribution is 2.31. The van der Waals surface area contributed by atoms with Crippen molar-refractivity contribution in [1.82, 2.24) is 14.7 Å². The predicted molar refractivity (Wildman–Crippen MR) is 116 cm³/mol. The van der Waals surface area contributed by atoms with Gasteiger partial charge in [0.25, 0.3) is 11.6 Å². The lowest BCUT2D eigenvalue weighted by atomic mass is 10.1. The summed E-state index contributed by atoms with van der Waals surface area (Å²) >= 11 is 6.13. The second-order valence-corrected chi connectivity index (χ2v) is 7.93. The summed E-state index contributed by atoms with van der Waals surface area (Å²) in [6.07, 6.45) is 1.42. The molecular formula is C22H18ClFN4O4. The van der Waals surface area contributed by atoms with Crippen LogP contribution in [0, 0.1) is 22.9 Å². The van der Waals surface area contributed by atoms with Crippen LogP contribution in [0.4, 0.5) is 10.1 Å². The third-order valence-corrected chi connectivity index (χ3v) is 5.61. The Bertz CT molecular complexity index is 1270. The number of carbonyl (C=O) groups is 1. The summed E-state index contributed by atoms with van der Waals surface area (Å²) in [4.78, 5) is 38.3. The van der Waals surface area contributed by atoms with Gasteiger partial charge in [0.05, 0.1) is 11.5 Å². The summed E-state index contributed by atoms with van der Waals surface area (Å²) in [6.45, 7) is 1.45. The summed E-state index contributed by atoms with van der Waals surface area (Å²) < 4.78 is 15.5. The van der Waals surface area contributed by atoms with Crippen LogP contribution < -0.4 is 5.43 Å². The number of rotatable bonds is 6. The Morgan fingerprint density at radius 1 is 1.28 bits per heavy atom. The Labute approximate surface area is 187 Å². The number of hydrogen-bond acceptors (Lipinski definition) is 5. The van der Waals surface area contributed by atoms with E-state index in [-0.39, 0.29) is 34.5 Å². The molecule has 1 amide bonds. The number of hydrogen-bond donors (Lipinski definition) is 0. The van der Waals surface area contributed by atoms with E-state index in [1.807, 2.05) is 0 Å². The van der Waals surface area contributed by atoms with Gasteiger partial charge in [-0.2, -0.15) is 5.10 Å². The van der Waals surface area contributed by atoms with Crippen molar-refractivity contribution in [3.8, 4) is 5.69 Å². The largest absolute Gasteiger partial charge is 0.330 e. The number of nitrogens with zero attached hydrogens (tertiary/aromatic N) is 4. The van der Waals surface area contributed by atoms with Gasteiger partial charge >= 0.3 is 0 Å². The van der Waals surface area contributed by atoms with Crippen LogP contribution in [0.15, 0.2) is 53.3 Å². The van der Waals surface area contributed by atoms with Gasteiger partial charge in [-0.25, -0.2) is 9.07 Å². The van der Waals surface area contributed by atoms with Crippen LogP contribution in [0.25, 0.3) is 5.69 Å². The van der Waals surface area contributed by atoms with Gasteiger partial charge in [-0.1, -0.05) is 29.8 Å². The molecule has 0 spiro atoms. The van der Waals surface area contributed by atoms with E-state index in [1.165, 1.54) is 52.0 Å². The summed E-state index contributed by atoms with van der Waals surface area (Å²) in [5.74, 6) is -1.23. The maximum Gasteiger partial charge on any atom is 0.294 e. The Kier molecular flexibility index (Phi) is 5.75. The van der Waals surface area contributed by atoms with Crippen molar-refractivity contribution in [2.45, 2.75) is 32.4 Å². The summed E-state index contributed by atoms with van der Waals surface area (Å²) in [5.41, 5.74) is -0.626. The van der Waals surface area contributed by atoms with Crippen LogP contribution in [0.2, 0.25) is 5.02 Å². The predicted octanol–water partition coefficient (Wildman–Crippen LogP) is 4.05. The number of benzene rings is 2. The molecule has 10 heteroatoms. The van der Waals surface area contributed by atoms with E-state index in [0.29, 0.717) is 18.5 Å². The van der Waals surface area contributed by atoms with Crippen molar-refractivity contribution in [2.24, 2.45) is 0 Å². The SMILES string of the molecule is Cc1cc(=O)c(C(=O)N(Cc2c(F)cccc2Cl)C2CC2)nn1-c1ccccc1[N+](=O)[O-]. The fraction of sp³-hybridized carbons (Fsp3) is 0.227. The minimum atomic E-state index is -0.677. The zero-order valence-corrected chi connectivity index (χ0v) is 17.8. The van der Waals surface area contributed by atoms with E-state index in [4.69, 9.17) is 11.6 Å². The van der Waals surface area contributed by atoms with Crippen molar-refractivity contribution in [3.05, 3.63) is 96.7 Å². The molecule has 0 unspecified atom stereocenters. The molecule has 8 nitrogen and oxygen atoms in total. The second kappa shape index (κ2) is 8.51. The number of aromatic nitrogens is 2. The maximum atomic E-state index is 14.3. The average Bonchev–Trinajstić information content (AvgIpc) is 3.58. The molecule has 0 saturated heterocycles. The average molecular weight is 457 g/mol. The van der Waals surface area contributed by atoms with E-state index in [9.17, 15) is 24.1 Å². The molecule has 1 saturated carbocycles. The minimum absolute atomic E-state index is 0.116. The standard InChI is InChI=1S/C22H18ClFN4O4/c1-13-11-20(29)21(25-27(13)18-7-2-3-8-19(18)28(31)32)22(30)26(14-9-10-14)12-15-16(23)5-4-6-17(15)24/h2-8,11,14H,9-10,12H2,1H3. The second-order valence-electron chi connectivity index (χ2n) is 7.52. The van der Waals surface area contributed by atoms with Crippen LogP contribution >= 0.6 is 11.6 Å². The first-order valence-electron chi connectivity index (χ1n) is 9.86. The Morgan fingerprint density at radius 3 is 2.66 bits per heavy atom. The van der Waals surface area contributed by atoms with Crippen molar-refractivity contribution in [1.29, 1.82) is 0 Å². The lowest BCUT2D eigenvalue weighted by Crippen LogP contribution is -2.37. The monoisotopic (exact) mass is 456 g/mol. The number of aryl methyl sites for hydroxylation is 1. The summed E-state index contributed by atoms with van der Waals surface area (Å²) in [5, 5.41) is 15.8. The number of halogens is 2. The minimum Gasteiger partial charge on any atom is -0.330 e. The summed E-state index contributed by atoms with van der Waals surface area (Å²) in [6, 6.07) is 11.2. The van der Waals surface area contributed by atoms with Gasteiger partial charge in [0.1, 0.15) is 11.5 Å². The first-order chi connectivity index (χ1) is 15.3. The van der Waals surface area contributed by atoms with Crippen LogP contribution in [-0.4, -0.2) is 31.6 Å². The molecule has 1 fully saturated rings. The number of nitro benzene ring substituents is 1. The van der Waals surface area contributed by atoms with Gasteiger partial charge in [0.15, 0.2) is 5.69 Å². The van der Waals surface area contributed by atoms with Crippen molar-refractivity contribution >= 4 is 23.2 Å². The molecule has 4 rings (SSSR count). The van der Waals surface area contributed by atoms with Gasteiger partial charge in [0, 0.05) is 34.5 Å². The van der Waals surface area contributed by atoms with E-state index >= 15 is 0 Å². The molecule has 0 aliphatic heterocycles. The first kappa shape index (κ1) is 21.6. The summed E-state index contributed by atoms with van der Waals surface area (Å²) in [7, 11) is 0. The van der Waals surface area contributed by atoms with E-state index in [2.05, 4.69) is 5.10 Å². The van der Waals surface area contributed by atoms with Crippen molar-refractivity contribution < 1.29 is 14.1 Å². The van der Waals surface area contributed by atoms with Crippen LogP contribution in [0.1, 0.15) is 34.6 Å². The molecule has 0 radical (unpaired) electrons. The molecule has 1 heterocycles. The number of nitro groups is 1. The molecule has 0 bridgehead atoms. The molecule has 3 aromatic rings. The molecule has 1 aliphatic rings. The van der Waals surface area contributed by atoms with E-state index in [0.717, 1.165) is 0 Å². The smallest absolute Gasteiger partial charge is 0.294 e. The van der Waals surface area contributed by atoms with Crippen LogP contribution in [-0.2, 0) is 6.54 Å². The number of para-hydroxylation sites is 2. The number of carbonyl (C=O) groups excluding carboxylic acids is 1. The molecule has 32 heavy (non-hydrogen) atoms. The highest BCUT2D eigenvalue weighted by atomic mass is 35.5. The normalized spacial score (nSPS) is 13.1. The molecule has 164 valence electrons. The molecule has 2 aromatic carbocycles. The molecule has 1 aromatic heterocycles. The molecule has 0 N–H and O–H groups in total. The van der Waals surface area contributed by atoms with Gasteiger partial charge in [-0.05, 0) is 38.0 Å². The van der Waals surface area contributed by atoms with E-state index < -0.39 is 27.8 Å². The fourth-order valence-corrected chi connectivity index (χ4v) is 3.70. The fourth-order valence-electron chi connectivity index (χ4n) is 3.48. The van der Waals surface area contributed by atoms with Crippen molar-refractivity contribution in [3.63, 3.8) is 0 Å². The Morgan fingerprint density at radius 2 is 2.00 bits per heavy atom. The third-order valence-electron chi connectivity index (χ3n) is 5.26.